The van der Waals surface area contributed by atoms with Crippen LogP contribution in [-0.4, -0.2) is 12.5 Å². The van der Waals surface area contributed by atoms with Gasteiger partial charge in [0.05, 0.1) is 6.54 Å². The van der Waals surface area contributed by atoms with Gasteiger partial charge in [-0.25, -0.2) is 0 Å². The average Bonchev–Trinajstić information content (AvgIpc) is 2.41. The van der Waals surface area contributed by atoms with Crippen molar-refractivity contribution < 1.29 is 9.53 Å². The molecule has 1 amide bonds. The van der Waals surface area contributed by atoms with Crippen molar-refractivity contribution in [2.45, 2.75) is 6.92 Å². The van der Waals surface area contributed by atoms with E-state index in [1.807, 2.05) is 31.2 Å². The lowest BCUT2D eigenvalue weighted by Crippen LogP contribution is -2.21. The number of ether oxygens (including phenoxy) is 1. The van der Waals surface area contributed by atoms with E-state index >= 15 is 0 Å². The fourth-order valence-corrected chi connectivity index (χ4v) is 1.63. The summed E-state index contributed by atoms with van der Waals surface area (Å²) in [5, 5.41) is 2.67. The van der Waals surface area contributed by atoms with Gasteiger partial charge in [-0.2, -0.15) is 0 Å². The second-order valence-electron chi connectivity index (χ2n) is 4.20. The number of carbonyl (C=O) groups is 1. The minimum Gasteiger partial charge on any atom is -0.457 e. The van der Waals surface area contributed by atoms with Crippen molar-refractivity contribution in [1.82, 2.24) is 0 Å². The summed E-state index contributed by atoms with van der Waals surface area (Å²) in [6, 6.07) is 15.0. The van der Waals surface area contributed by atoms with Gasteiger partial charge in [0.25, 0.3) is 0 Å². The Hall–Kier alpha value is -2.33. The quantitative estimate of drug-likeness (QED) is 0.884. The predicted octanol–water partition coefficient (Wildman–Crippen LogP) is 2.68. The Morgan fingerprint density at radius 3 is 2.53 bits per heavy atom. The zero-order chi connectivity index (χ0) is 13.7. The van der Waals surface area contributed by atoms with Gasteiger partial charge in [-0.15, -0.1) is 0 Å². The van der Waals surface area contributed by atoms with Gasteiger partial charge in [0.1, 0.15) is 11.5 Å². The highest BCUT2D eigenvalue weighted by molar-refractivity contribution is 5.92. The lowest BCUT2D eigenvalue weighted by molar-refractivity contribution is -0.114. The minimum absolute atomic E-state index is 0.0262. The van der Waals surface area contributed by atoms with Crippen LogP contribution in [0.25, 0.3) is 0 Å². The molecule has 0 unspecified atom stereocenters. The lowest BCUT2D eigenvalue weighted by Gasteiger charge is -2.08. The Morgan fingerprint density at radius 2 is 1.89 bits per heavy atom. The number of hydrogen-bond acceptors (Lipinski definition) is 3. The summed E-state index contributed by atoms with van der Waals surface area (Å²) < 4.78 is 5.71. The second kappa shape index (κ2) is 6.02. The molecular weight excluding hydrogens is 240 g/mol. The molecule has 0 aromatic heterocycles. The van der Waals surface area contributed by atoms with E-state index in [0.717, 1.165) is 17.1 Å². The fraction of sp³-hybridized carbons (Fsp3) is 0.133. The topological polar surface area (TPSA) is 64.3 Å². The molecule has 0 aliphatic heterocycles. The van der Waals surface area contributed by atoms with Gasteiger partial charge < -0.3 is 15.8 Å². The number of carbonyl (C=O) groups excluding carboxylic acids is 1. The lowest BCUT2D eigenvalue weighted by atomic mass is 10.2. The van der Waals surface area contributed by atoms with Gasteiger partial charge in [0, 0.05) is 5.69 Å². The second-order valence-corrected chi connectivity index (χ2v) is 4.20. The van der Waals surface area contributed by atoms with Crippen molar-refractivity contribution >= 4 is 11.6 Å². The van der Waals surface area contributed by atoms with Crippen molar-refractivity contribution in [2.75, 3.05) is 11.9 Å². The third kappa shape index (κ3) is 3.82. The van der Waals surface area contributed by atoms with Gasteiger partial charge >= 0.3 is 0 Å². The van der Waals surface area contributed by atoms with Crippen LogP contribution in [0, 0.1) is 6.92 Å². The summed E-state index contributed by atoms with van der Waals surface area (Å²) in [5.74, 6) is 1.29. The first-order chi connectivity index (χ1) is 9.17. The van der Waals surface area contributed by atoms with E-state index in [1.165, 1.54) is 0 Å². The van der Waals surface area contributed by atoms with E-state index in [1.54, 1.807) is 24.3 Å². The van der Waals surface area contributed by atoms with Gasteiger partial charge in [-0.3, -0.25) is 4.79 Å². The number of anilines is 1. The maximum absolute atomic E-state index is 11.1. The summed E-state index contributed by atoms with van der Waals surface area (Å²) in [5.41, 5.74) is 7.07. The number of rotatable bonds is 4. The Bertz CT molecular complexity index is 565. The molecule has 2 aromatic rings. The molecule has 0 aliphatic rings. The smallest absolute Gasteiger partial charge is 0.238 e. The third-order valence-electron chi connectivity index (χ3n) is 2.55. The first-order valence-electron chi connectivity index (χ1n) is 6.02. The van der Waals surface area contributed by atoms with E-state index in [-0.39, 0.29) is 12.5 Å². The van der Waals surface area contributed by atoms with Gasteiger partial charge in [-0.05, 0) is 48.9 Å². The van der Waals surface area contributed by atoms with Crippen LogP contribution in [0.2, 0.25) is 0 Å². The number of hydrogen-bond donors (Lipinski definition) is 2. The molecule has 0 radical (unpaired) electrons. The highest BCUT2D eigenvalue weighted by Crippen LogP contribution is 2.23. The molecule has 4 heteroatoms. The molecular formula is C15H16N2O2. The number of nitrogens with two attached hydrogens (primary N) is 1. The van der Waals surface area contributed by atoms with E-state index < -0.39 is 0 Å². The molecule has 0 saturated heterocycles. The SMILES string of the molecule is Cc1cccc(Oc2ccc(NC(=O)CN)cc2)c1. The first-order valence-corrected chi connectivity index (χ1v) is 6.02. The van der Waals surface area contributed by atoms with Crippen LogP contribution in [-0.2, 0) is 4.79 Å². The molecule has 2 aromatic carbocycles. The number of aryl methyl sites for hydroxylation is 1. The maximum atomic E-state index is 11.1. The van der Waals surface area contributed by atoms with Gasteiger partial charge in [0.2, 0.25) is 5.91 Å². The van der Waals surface area contributed by atoms with Gasteiger partial charge in [0.15, 0.2) is 0 Å². The van der Waals surface area contributed by atoms with Crippen molar-refractivity contribution in [3.8, 4) is 11.5 Å². The van der Waals surface area contributed by atoms with E-state index in [9.17, 15) is 4.79 Å². The molecule has 0 saturated carbocycles. The summed E-state index contributed by atoms with van der Waals surface area (Å²) in [4.78, 5) is 11.1. The number of benzene rings is 2. The maximum Gasteiger partial charge on any atom is 0.238 e. The normalized spacial score (nSPS) is 10.0. The molecule has 98 valence electrons. The van der Waals surface area contributed by atoms with Gasteiger partial charge in [-0.1, -0.05) is 12.1 Å². The number of amides is 1. The largest absolute Gasteiger partial charge is 0.457 e. The van der Waals surface area contributed by atoms with E-state index in [2.05, 4.69) is 5.32 Å². The summed E-state index contributed by atoms with van der Waals surface area (Å²) in [7, 11) is 0. The van der Waals surface area contributed by atoms with E-state index in [0.29, 0.717) is 5.69 Å². The zero-order valence-electron chi connectivity index (χ0n) is 10.7. The monoisotopic (exact) mass is 256 g/mol. The number of nitrogens with one attached hydrogen (secondary N) is 1. The Labute approximate surface area is 112 Å². The van der Waals surface area contributed by atoms with E-state index in [4.69, 9.17) is 10.5 Å². The molecule has 0 atom stereocenters. The van der Waals surface area contributed by atoms with Crippen LogP contribution in [0.4, 0.5) is 5.69 Å². The average molecular weight is 256 g/mol. The molecule has 0 aliphatic carbocycles. The summed E-state index contributed by atoms with van der Waals surface area (Å²) in [6.07, 6.45) is 0. The van der Waals surface area contributed by atoms with Crippen molar-refractivity contribution in [2.24, 2.45) is 5.73 Å². The first kappa shape index (κ1) is 13.1. The van der Waals surface area contributed by atoms with Crippen molar-refractivity contribution in [3.63, 3.8) is 0 Å². The fourth-order valence-electron chi connectivity index (χ4n) is 1.63. The van der Waals surface area contributed by atoms with Crippen LogP contribution >= 0.6 is 0 Å². The highest BCUT2D eigenvalue weighted by atomic mass is 16.5. The molecule has 2 rings (SSSR count). The van der Waals surface area contributed by atoms with Crippen LogP contribution in [0.3, 0.4) is 0 Å². The Morgan fingerprint density at radius 1 is 1.16 bits per heavy atom. The molecule has 3 N–H and O–H groups in total. The molecule has 19 heavy (non-hydrogen) atoms. The van der Waals surface area contributed by atoms with Crippen LogP contribution in [0.1, 0.15) is 5.56 Å². The molecule has 0 heterocycles. The summed E-state index contributed by atoms with van der Waals surface area (Å²) >= 11 is 0. The minimum atomic E-state index is -0.215. The Kier molecular flexibility index (Phi) is 4.15. The third-order valence-corrected chi connectivity index (χ3v) is 2.55. The molecule has 0 bridgehead atoms. The predicted molar refractivity (Wildman–Crippen MR) is 75.4 cm³/mol. The van der Waals surface area contributed by atoms with Crippen LogP contribution < -0.4 is 15.8 Å². The molecule has 4 nitrogen and oxygen atoms in total. The molecule has 0 spiro atoms. The summed E-state index contributed by atoms with van der Waals surface area (Å²) in [6.45, 7) is 1.99. The van der Waals surface area contributed by atoms with Crippen molar-refractivity contribution in [3.05, 3.63) is 54.1 Å². The van der Waals surface area contributed by atoms with Crippen LogP contribution in [0.5, 0.6) is 11.5 Å². The standard InChI is InChI=1S/C15H16N2O2/c1-11-3-2-4-14(9-11)19-13-7-5-12(6-8-13)17-15(18)10-16/h2-9H,10,16H2,1H3,(H,17,18). The van der Waals surface area contributed by atoms with Crippen molar-refractivity contribution in [1.29, 1.82) is 0 Å². The Balaban J connectivity index is 2.04. The zero-order valence-corrected chi connectivity index (χ0v) is 10.7. The molecule has 0 fully saturated rings. The highest BCUT2D eigenvalue weighted by Gasteiger charge is 2.01. The van der Waals surface area contributed by atoms with Crippen LogP contribution in [0.15, 0.2) is 48.5 Å².